The molecule has 0 aliphatic heterocycles. The zero-order valence-corrected chi connectivity index (χ0v) is 10.5. The minimum absolute atomic E-state index is 0.992. The number of unbranched alkanes of at least 4 members (excludes halogenated alkanes) is 1. The summed E-state index contributed by atoms with van der Waals surface area (Å²) < 4.78 is 2.28. The molecule has 1 heterocycles. The van der Waals surface area contributed by atoms with Crippen molar-refractivity contribution in [3.8, 4) is 0 Å². The highest BCUT2D eigenvalue weighted by Gasteiger charge is 2.21. The van der Waals surface area contributed by atoms with Crippen LogP contribution >= 0.6 is 0 Å². The highest BCUT2D eigenvalue weighted by atomic mass is 15.2. The molecule has 3 nitrogen and oxygen atoms in total. The summed E-state index contributed by atoms with van der Waals surface area (Å²) in [6.07, 6.45) is 8.80. The van der Waals surface area contributed by atoms with Crippen molar-refractivity contribution in [3.63, 3.8) is 0 Å². The van der Waals surface area contributed by atoms with Gasteiger partial charge in [0.15, 0.2) is 0 Å². The minimum Gasteiger partial charge on any atom is -0.356 e. The van der Waals surface area contributed by atoms with Crippen LogP contribution in [0.1, 0.15) is 44.7 Å². The van der Waals surface area contributed by atoms with Crippen molar-refractivity contribution in [1.29, 1.82) is 0 Å². The summed E-state index contributed by atoms with van der Waals surface area (Å²) in [6, 6.07) is 0. The third-order valence-corrected chi connectivity index (χ3v) is 3.19. The van der Waals surface area contributed by atoms with Crippen molar-refractivity contribution >= 4 is 5.95 Å². The van der Waals surface area contributed by atoms with Crippen LogP contribution in [-0.2, 0) is 6.54 Å². The summed E-state index contributed by atoms with van der Waals surface area (Å²) in [5.41, 5.74) is 1.12. The average molecular weight is 221 g/mol. The van der Waals surface area contributed by atoms with E-state index in [1.807, 2.05) is 0 Å². The number of imidazole rings is 1. The third-order valence-electron chi connectivity index (χ3n) is 3.19. The summed E-state index contributed by atoms with van der Waals surface area (Å²) >= 11 is 0. The molecular formula is C13H23N3. The first-order valence-electron chi connectivity index (χ1n) is 6.57. The lowest BCUT2D eigenvalue weighted by atomic mass is 10.3. The zero-order chi connectivity index (χ0) is 11.4. The van der Waals surface area contributed by atoms with E-state index < -0.39 is 0 Å². The van der Waals surface area contributed by atoms with Crippen LogP contribution in [0.3, 0.4) is 0 Å². The quantitative estimate of drug-likeness (QED) is 0.717. The summed E-state index contributed by atoms with van der Waals surface area (Å²) in [5, 5.41) is 3.43. The van der Waals surface area contributed by atoms with Gasteiger partial charge in [-0.05, 0) is 25.7 Å². The molecule has 0 saturated heterocycles. The Morgan fingerprint density at radius 1 is 1.50 bits per heavy atom. The number of aryl methyl sites for hydroxylation is 2. The van der Waals surface area contributed by atoms with Crippen molar-refractivity contribution in [3.05, 3.63) is 11.9 Å². The number of anilines is 1. The van der Waals surface area contributed by atoms with Crippen molar-refractivity contribution in [1.82, 2.24) is 9.55 Å². The molecule has 0 aromatic carbocycles. The van der Waals surface area contributed by atoms with E-state index in [0.29, 0.717) is 0 Å². The van der Waals surface area contributed by atoms with Gasteiger partial charge < -0.3 is 9.88 Å². The predicted octanol–water partition coefficient (Wildman–Crippen LogP) is 3.20. The fourth-order valence-corrected chi connectivity index (χ4v) is 1.96. The maximum atomic E-state index is 4.53. The maximum Gasteiger partial charge on any atom is 0.203 e. The van der Waals surface area contributed by atoms with Crippen LogP contribution in [0.5, 0.6) is 0 Å². The van der Waals surface area contributed by atoms with Gasteiger partial charge in [-0.25, -0.2) is 4.98 Å². The van der Waals surface area contributed by atoms with E-state index in [1.165, 1.54) is 32.1 Å². The molecule has 0 bridgehead atoms. The Hall–Kier alpha value is -0.990. The topological polar surface area (TPSA) is 29.9 Å². The van der Waals surface area contributed by atoms with E-state index in [-0.39, 0.29) is 0 Å². The first-order valence-corrected chi connectivity index (χ1v) is 6.57. The summed E-state index contributed by atoms with van der Waals surface area (Å²) in [5.74, 6) is 2.05. The van der Waals surface area contributed by atoms with Gasteiger partial charge in [-0.15, -0.1) is 0 Å². The molecule has 16 heavy (non-hydrogen) atoms. The average Bonchev–Trinajstić information content (AvgIpc) is 3.01. The fourth-order valence-electron chi connectivity index (χ4n) is 1.96. The van der Waals surface area contributed by atoms with Gasteiger partial charge in [-0.3, -0.25) is 0 Å². The molecule has 1 aliphatic carbocycles. The van der Waals surface area contributed by atoms with Gasteiger partial charge in [0.1, 0.15) is 0 Å². The summed E-state index contributed by atoms with van der Waals surface area (Å²) in [4.78, 5) is 4.53. The number of rotatable bonds is 7. The molecule has 0 amide bonds. The second-order valence-electron chi connectivity index (χ2n) is 4.91. The van der Waals surface area contributed by atoms with Crippen LogP contribution in [0, 0.1) is 12.8 Å². The molecule has 1 fully saturated rings. The number of hydrogen-bond acceptors (Lipinski definition) is 2. The number of nitrogens with one attached hydrogen (secondary N) is 1. The molecule has 0 atom stereocenters. The van der Waals surface area contributed by atoms with Crippen LogP contribution in [0.4, 0.5) is 5.95 Å². The molecule has 90 valence electrons. The van der Waals surface area contributed by atoms with Crippen molar-refractivity contribution < 1.29 is 0 Å². The van der Waals surface area contributed by atoms with Crippen molar-refractivity contribution in [2.24, 2.45) is 5.92 Å². The molecule has 1 N–H and O–H groups in total. The highest BCUT2D eigenvalue weighted by molar-refractivity contribution is 5.28. The van der Waals surface area contributed by atoms with Crippen LogP contribution in [-0.4, -0.2) is 16.1 Å². The Morgan fingerprint density at radius 2 is 2.31 bits per heavy atom. The molecule has 1 aliphatic rings. The van der Waals surface area contributed by atoms with Crippen molar-refractivity contribution in [2.75, 3.05) is 11.9 Å². The monoisotopic (exact) mass is 221 g/mol. The fraction of sp³-hybridized carbons (Fsp3) is 0.769. The van der Waals surface area contributed by atoms with E-state index in [9.17, 15) is 0 Å². The van der Waals surface area contributed by atoms with Crippen LogP contribution in [0.25, 0.3) is 0 Å². The minimum atomic E-state index is 0.992. The number of hydrogen-bond donors (Lipinski definition) is 1. The number of nitrogens with zero attached hydrogens (tertiary/aromatic N) is 2. The summed E-state index contributed by atoms with van der Waals surface area (Å²) in [7, 11) is 0. The molecule has 1 aromatic heterocycles. The Bertz CT molecular complexity index is 326. The van der Waals surface area contributed by atoms with Gasteiger partial charge in [0.05, 0.1) is 5.69 Å². The molecule has 2 rings (SSSR count). The van der Waals surface area contributed by atoms with Gasteiger partial charge in [0.25, 0.3) is 0 Å². The maximum absolute atomic E-state index is 4.53. The van der Waals surface area contributed by atoms with E-state index in [4.69, 9.17) is 0 Å². The first kappa shape index (κ1) is 11.5. The largest absolute Gasteiger partial charge is 0.356 e. The second kappa shape index (κ2) is 5.37. The molecule has 3 heteroatoms. The second-order valence-corrected chi connectivity index (χ2v) is 4.91. The van der Waals surface area contributed by atoms with Crippen LogP contribution in [0.2, 0.25) is 0 Å². The van der Waals surface area contributed by atoms with Crippen LogP contribution < -0.4 is 5.32 Å². The SMILES string of the molecule is CCCCNc1nc(C)cn1CCC1CC1. The lowest BCUT2D eigenvalue weighted by Gasteiger charge is -2.08. The number of aromatic nitrogens is 2. The highest BCUT2D eigenvalue weighted by Crippen LogP contribution is 2.33. The molecular weight excluding hydrogens is 198 g/mol. The van der Waals surface area contributed by atoms with E-state index in [0.717, 1.165) is 30.6 Å². The summed E-state index contributed by atoms with van der Waals surface area (Å²) in [6.45, 7) is 6.45. The van der Waals surface area contributed by atoms with Crippen LogP contribution in [0.15, 0.2) is 6.20 Å². The van der Waals surface area contributed by atoms with Gasteiger partial charge in [0.2, 0.25) is 5.95 Å². The zero-order valence-electron chi connectivity index (χ0n) is 10.5. The van der Waals surface area contributed by atoms with E-state index >= 15 is 0 Å². The smallest absolute Gasteiger partial charge is 0.203 e. The standard InChI is InChI=1S/C13H23N3/c1-3-4-8-14-13-15-11(2)10-16(13)9-7-12-5-6-12/h10,12H,3-9H2,1-2H3,(H,14,15). The molecule has 0 unspecified atom stereocenters. The van der Waals surface area contributed by atoms with Gasteiger partial charge in [-0.1, -0.05) is 26.2 Å². The third kappa shape index (κ3) is 3.26. The Kier molecular flexibility index (Phi) is 3.86. The Morgan fingerprint density at radius 3 is 3.00 bits per heavy atom. The predicted molar refractivity (Wildman–Crippen MR) is 67.7 cm³/mol. The molecule has 1 aromatic rings. The lowest BCUT2D eigenvalue weighted by Crippen LogP contribution is -2.08. The normalized spacial score (nSPS) is 15.4. The van der Waals surface area contributed by atoms with Gasteiger partial charge in [-0.2, -0.15) is 0 Å². The molecule has 1 saturated carbocycles. The van der Waals surface area contributed by atoms with Gasteiger partial charge >= 0.3 is 0 Å². The van der Waals surface area contributed by atoms with Crippen molar-refractivity contribution in [2.45, 2.75) is 52.5 Å². The van der Waals surface area contributed by atoms with Gasteiger partial charge in [0, 0.05) is 19.3 Å². The molecule has 0 spiro atoms. The Labute approximate surface area is 98.3 Å². The van der Waals surface area contributed by atoms with E-state index in [2.05, 4.69) is 34.9 Å². The van der Waals surface area contributed by atoms with E-state index in [1.54, 1.807) is 0 Å². The molecule has 0 radical (unpaired) electrons. The lowest BCUT2D eigenvalue weighted by molar-refractivity contribution is 0.598. The first-order chi connectivity index (χ1) is 7.79. The Balaban J connectivity index is 1.87.